The topological polar surface area (TPSA) is 127 Å². The number of fused-ring (bicyclic) bond motifs is 3. The zero-order valence-electron chi connectivity index (χ0n) is 21.7. The van der Waals surface area contributed by atoms with Gasteiger partial charge in [0.1, 0.15) is 18.0 Å². The quantitative estimate of drug-likeness (QED) is 0.280. The van der Waals surface area contributed by atoms with Gasteiger partial charge in [-0.1, -0.05) is 29.4 Å². The molecule has 2 aliphatic heterocycles. The van der Waals surface area contributed by atoms with E-state index < -0.39 is 11.9 Å². The van der Waals surface area contributed by atoms with Crippen molar-refractivity contribution in [2.45, 2.75) is 63.4 Å². The van der Waals surface area contributed by atoms with E-state index in [1.54, 1.807) is 23.2 Å². The van der Waals surface area contributed by atoms with Crippen molar-refractivity contribution in [2.24, 2.45) is 11.0 Å². The molecule has 202 valence electrons. The normalized spacial score (nSPS) is 21.3. The Kier molecular flexibility index (Phi) is 8.01. The lowest BCUT2D eigenvalue weighted by Gasteiger charge is -2.32. The summed E-state index contributed by atoms with van der Waals surface area (Å²) in [5, 5.41) is 7.64. The molecule has 0 aromatic heterocycles. The van der Waals surface area contributed by atoms with E-state index in [4.69, 9.17) is 15.3 Å². The van der Waals surface area contributed by atoms with E-state index in [1.165, 1.54) is 11.1 Å². The summed E-state index contributed by atoms with van der Waals surface area (Å²) in [5.74, 6) is 6.10. The fourth-order valence-corrected chi connectivity index (χ4v) is 5.76. The van der Waals surface area contributed by atoms with Gasteiger partial charge in [0.15, 0.2) is 0 Å². The highest BCUT2D eigenvalue weighted by atomic mass is 16.5. The molecule has 2 saturated heterocycles. The van der Waals surface area contributed by atoms with Gasteiger partial charge < -0.3 is 19.7 Å². The van der Waals surface area contributed by atoms with E-state index in [0.717, 1.165) is 32.1 Å². The minimum absolute atomic E-state index is 0.0381. The Morgan fingerprint density at radius 2 is 1.97 bits per heavy atom. The number of carbonyl (C=O) groups excluding carboxylic acids is 2. The first kappa shape index (κ1) is 26.3. The molecule has 2 fully saturated rings. The third kappa shape index (κ3) is 5.43. The predicted octanol–water partition coefficient (Wildman–Crippen LogP) is 2.64. The lowest BCUT2D eigenvalue weighted by Crippen LogP contribution is -2.48. The molecule has 1 aliphatic carbocycles. The summed E-state index contributed by atoms with van der Waals surface area (Å²) < 4.78 is 11.5. The number of hydrogen-bond donors (Lipinski definition) is 2. The van der Waals surface area contributed by atoms with E-state index in [9.17, 15) is 14.5 Å². The van der Waals surface area contributed by atoms with Crippen molar-refractivity contribution in [3.8, 4) is 5.75 Å². The highest BCUT2D eigenvalue weighted by Gasteiger charge is 2.41. The molecule has 2 aromatic rings. The van der Waals surface area contributed by atoms with Gasteiger partial charge in [-0.15, -0.1) is 0 Å². The SMILES string of the molecule is CCOc1cc(C(=O)N2C3CCCC2OC3)ccc1C(=O)NC[C@H](CN(N)C1Cc2ccccc2C1)N=O. The Bertz CT molecular complexity index is 1150. The van der Waals surface area contributed by atoms with Gasteiger partial charge in [0.25, 0.3) is 11.8 Å². The second-order valence-corrected chi connectivity index (χ2v) is 10.2. The molecule has 3 atom stereocenters. The molecule has 10 nitrogen and oxygen atoms in total. The maximum atomic E-state index is 13.3. The van der Waals surface area contributed by atoms with Crippen LogP contribution in [0.5, 0.6) is 5.75 Å². The van der Waals surface area contributed by atoms with E-state index in [2.05, 4.69) is 22.6 Å². The number of hydrazine groups is 1. The number of rotatable bonds is 10. The largest absolute Gasteiger partial charge is 0.493 e. The Balaban J connectivity index is 1.20. The van der Waals surface area contributed by atoms with Gasteiger partial charge in [0.05, 0.1) is 24.8 Å². The number of nitrogens with one attached hydrogen (secondary N) is 1. The first-order valence-corrected chi connectivity index (χ1v) is 13.4. The third-order valence-corrected chi connectivity index (χ3v) is 7.75. The highest BCUT2D eigenvalue weighted by Crippen LogP contribution is 2.32. The second kappa shape index (κ2) is 11.6. The molecule has 3 aliphatic rings. The van der Waals surface area contributed by atoms with Gasteiger partial charge in [-0.2, -0.15) is 4.91 Å². The van der Waals surface area contributed by atoms with Crippen molar-refractivity contribution < 1.29 is 19.1 Å². The molecule has 0 radical (unpaired) electrons. The monoisotopic (exact) mass is 521 g/mol. The minimum atomic E-state index is -0.710. The molecule has 0 spiro atoms. The Morgan fingerprint density at radius 3 is 2.66 bits per heavy atom. The molecular weight excluding hydrogens is 486 g/mol. The van der Waals surface area contributed by atoms with Crippen LogP contribution in [0.4, 0.5) is 0 Å². The number of nitrogens with two attached hydrogens (primary N) is 1. The van der Waals surface area contributed by atoms with E-state index >= 15 is 0 Å². The molecule has 2 amide bonds. The Morgan fingerprint density at radius 1 is 1.21 bits per heavy atom. The zero-order chi connectivity index (χ0) is 26.6. The van der Waals surface area contributed by atoms with Gasteiger partial charge in [-0.3, -0.25) is 15.4 Å². The van der Waals surface area contributed by atoms with Crippen LogP contribution in [0.15, 0.2) is 47.6 Å². The molecule has 10 heteroatoms. The van der Waals surface area contributed by atoms with Gasteiger partial charge in [0, 0.05) is 24.7 Å². The first-order valence-electron chi connectivity index (χ1n) is 13.4. The molecule has 5 rings (SSSR count). The lowest BCUT2D eigenvalue weighted by atomic mass is 10.0. The maximum Gasteiger partial charge on any atom is 0.256 e. The number of ether oxygens (including phenoxy) is 2. The van der Waals surface area contributed by atoms with Crippen LogP contribution in [0.1, 0.15) is 58.0 Å². The standard InChI is InChI=1S/C28H35N5O5/c1-2-37-25-14-20(28(35)33-22-8-5-9-26(33)38-17-22)10-11-24(25)27(34)30-15-21(31-36)16-32(29)23-12-18-6-3-4-7-19(18)13-23/h3-4,6-7,10-11,14,21-23,26H,2,5,8-9,12-13,15-17,29H2,1H3,(H,30,34)/t21-,22?,26?/m1/s1. The Labute approximate surface area is 222 Å². The van der Waals surface area contributed by atoms with Crippen LogP contribution in [0.2, 0.25) is 0 Å². The van der Waals surface area contributed by atoms with Crippen LogP contribution in [0.3, 0.4) is 0 Å². The van der Waals surface area contributed by atoms with Crippen molar-refractivity contribution in [3.05, 3.63) is 69.6 Å². The van der Waals surface area contributed by atoms with Crippen LogP contribution >= 0.6 is 0 Å². The number of amides is 2. The van der Waals surface area contributed by atoms with Crippen molar-refractivity contribution in [1.82, 2.24) is 15.2 Å². The number of piperidine rings is 1. The molecule has 2 bridgehead atoms. The number of hydrogen-bond acceptors (Lipinski definition) is 8. The van der Waals surface area contributed by atoms with Crippen molar-refractivity contribution >= 4 is 11.8 Å². The van der Waals surface area contributed by atoms with Crippen molar-refractivity contribution in [2.75, 3.05) is 26.3 Å². The van der Waals surface area contributed by atoms with Crippen LogP contribution < -0.4 is 15.9 Å². The summed E-state index contributed by atoms with van der Waals surface area (Å²) in [6.07, 6.45) is 4.27. The van der Waals surface area contributed by atoms with Gasteiger partial charge in [0.2, 0.25) is 0 Å². The molecule has 2 aromatic carbocycles. The maximum absolute atomic E-state index is 13.3. The predicted molar refractivity (Wildman–Crippen MR) is 142 cm³/mol. The Hall–Kier alpha value is -3.34. The average molecular weight is 522 g/mol. The fourth-order valence-electron chi connectivity index (χ4n) is 5.76. The van der Waals surface area contributed by atoms with Crippen LogP contribution in [-0.4, -0.2) is 72.4 Å². The average Bonchev–Trinajstić information content (AvgIpc) is 3.48. The van der Waals surface area contributed by atoms with E-state index in [0.29, 0.717) is 30.1 Å². The molecule has 38 heavy (non-hydrogen) atoms. The van der Waals surface area contributed by atoms with Gasteiger partial charge in [-0.25, -0.2) is 5.01 Å². The second-order valence-electron chi connectivity index (χ2n) is 10.2. The summed E-state index contributed by atoms with van der Waals surface area (Å²) in [4.78, 5) is 39.7. The lowest BCUT2D eigenvalue weighted by molar-refractivity contribution is 0.0123. The van der Waals surface area contributed by atoms with Crippen LogP contribution in [-0.2, 0) is 17.6 Å². The molecule has 2 unspecified atom stereocenters. The number of nitroso groups, excluding NO2 is 1. The third-order valence-electron chi connectivity index (χ3n) is 7.75. The summed E-state index contributed by atoms with van der Waals surface area (Å²) >= 11 is 0. The molecule has 0 saturated carbocycles. The van der Waals surface area contributed by atoms with Crippen LogP contribution in [0.25, 0.3) is 0 Å². The minimum Gasteiger partial charge on any atom is -0.493 e. The summed E-state index contributed by atoms with van der Waals surface area (Å²) in [6.45, 7) is 2.98. The van der Waals surface area contributed by atoms with Crippen molar-refractivity contribution in [3.63, 3.8) is 0 Å². The fraction of sp³-hybridized carbons (Fsp3) is 0.500. The molecular formula is C28H35N5O5. The summed E-state index contributed by atoms with van der Waals surface area (Å²) in [6, 6.07) is 12.5. The molecule has 2 heterocycles. The number of nitrogens with zero attached hydrogens (tertiary/aromatic N) is 3. The van der Waals surface area contributed by atoms with Gasteiger partial charge in [-0.05, 0) is 68.4 Å². The zero-order valence-corrected chi connectivity index (χ0v) is 21.7. The van der Waals surface area contributed by atoms with Gasteiger partial charge >= 0.3 is 0 Å². The first-order chi connectivity index (χ1) is 18.5. The van der Waals surface area contributed by atoms with E-state index in [-0.39, 0.29) is 37.3 Å². The highest BCUT2D eigenvalue weighted by molar-refractivity contribution is 6.00. The van der Waals surface area contributed by atoms with Crippen LogP contribution in [0, 0.1) is 4.91 Å². The smallest absolute Gasteiger partial charge is 0.256 e. The number of benzene rings is 2. The summed E-state index contributed by atoms with van der Waals surface area (Å²) in [5.41, 5.74) is 3.28. The summed E-state index contributed by atoms with van der Waals surface area (Å²) in [7, 11) is 0. The van der Waals surface area contributed by atoms with Crippen molar-refractivity contribution in [1.29, 1.82) is 0 Å². The molecule has 3 N–H and O–H groups in total. The number of carbonyl (C=O) groups is 2. The van der Waals surface area contributed by atoms with E-state index in [1.807, 2.05) is 24.0 Å².